The van der Waals surface area contributed by atoms with Crippen LogP contribution in [0.4, 0.5) is 0 Å². The number of carbonyl (C=O) groups is 1. The molecule has 1 amide bonds. The van der Waals surface area contributed by atoms with Crippen molar-refractivity contribution in [3.05, 3.63) is 12.7 Å². The van der Waals surface area contributed by atoms with Crippen LogP contribution in [0.3, 0.4) is 0 Å². The molecule has 6 heteroatoms. The van der Waals surface area contributed by atoms with Crippen molar-refractivity contribution in [2.45, 2.75) is 77.2 Å². The van der Waals surface area contributed by atoms with Crippen LogP contribution in [-0.4, -0.2) is 38.9 Å². The zero-order chi connectivity index (χ0) is 15.2. The summed E-state index contributed by atoms with van der Waals surface area (Å²) in [5, 5.41) is 7.16. The molecule has 1 aromatic heterocycles. The Kier molecular flexibility index (Phi) is 5.73. The lowest BCUT2D eigenvalue weighted by Crippen LogP contribution is -2.45. The Balaban J connectivity index is 1.85. The molecule has 1 N–H and O–H groups in total. The van der Waals surface area contributed by atoms with Gasteiger partial charge in [-0.05, 0) is 33.1 Å². The Hall–Kier alpha value is -1.43. The van der Waals surface area contributed by atoms with Crippen LogP contribution in [0, 0.1) is 0 Å². The van der Waals surface area contributed by atoms with Gasteiger partial charge < -0.3 is 10.1 Å². The first-order chi connectivity index (χ1) is 10.1. The molecular weight excluding hydrogens is 268 g/mol. The van der Waals surface area contributed by atoms with Gasteiger partial charge in [-0.3, -0.25) is 4.79 Å². The van der Waals surface area contributed by atoms with Crippen LogP contribution in [0.15, 0.2) is 12.7 Å². The van der Waals surface area contributed by atoms with Gasteiger partial charge in [-0.1, -0.05) is 19.8 Å². The fourth-order valence-corrected chi connectivity index (χ4v) is 2.69. The van der Waals surface area contributed by atoms with Gasteiger partial charge in [-0.25, -0.2) is 9.67 Å². The van der Waals surface area contributed by atoms with E-state index in [-0.39, 0.29) is 30.2 Å². The van der Waals surface area contributed by atoms with Gasteiger partial charge in [0.25, 0.3) is 0 Å². The van der Waals surface area contributed by atoms with Crippen molar-refractivity contribution >= 4 is 5.91 Å². The molecule has 1 heterocycles. The molecule has 0 aliphatic heterocycles. The molecule has 2 rings (SSSR count). The van der Waals surface area contributed by atoms with E-state index in [0.717, 1.165) is 12.8 Å². The summed E-state index contributed by atoms with van der Waals surface area (Å²) in [6.07, 6.45) is 8.35. The van der Waals surface area contributed by atoms with Crippen LogP contribution >= 0.6 is 0 Å². The van der Waals surface area contributed by atoms with Gasteiger partial charge in [0.1, 0.15) is 18.8 Å². The Bertz CT molecular complexity index is 429. The second kappa shape index (κ2) is 7.54. The van der Waals surface area contributed by atoms with Gasteiger partial charge in [-0.15, -0.1) is 0 Å². The van der Waals surface area contributed by atoms with Crippen LogP contribution in [0.2, 0.25) is 0 Å². The van der Waals surface area contributed by atoms with Crippen molar-refractivity contribution < 1.29 is 9.53 Å². The van der Waals surface area contributed by atoms with E-state index in [2.05, 4.69) is 15.4 Å². The van der Waals surface area contributed by atoms with E-state index in [0.29, 0.717) is 6.42 Å². The van der Waals surface area contributed by atoms with Crippen LogP contribution in [-0.2, 0) is 9.53 Å². The number of nitrogens with zero attached hydrogens (tertiary/aromatic N) is 3. The van der Waals surface area contributed by atoms with E-state index in [4.69, 9.17) is 4.74 Å². The molecule has 6 nitrogen and oxygen atoms in total. The van der Waals surface area contributed by atoms with Crippen LogP contribution in [0.25, 0.3) is 0 Å². The second-order valence-corrected chi connectivity index (χ2v) is 5.85. The van der Waals surface area contributed by atoms with E-state index < -0.39 is 0 Å². The van der Waals surface area contributed by atoms with E-state index in [1.54, 1.807) is 11.0 Å². The Morgan fingerprint density at radius 2 is 2.14 bits per heavy atom. The SMILES string of the molecule is CC[C@H](OC1CCCC1)C(=O)N[C@H](C)[C@@H](C)n1cncn1. The highest BCUT2D eigenvalue weighted by atomic mass is 16.5. The molecule has 0 radical (unpaired) electrons. The minimum absolute atomic E-state index is 0.0242. The van der Waals surface area contributed by atoms with Crippen molar-refractivity contribution in [3.8, 4) is 0 Å². The maximum absolute atomic E-state index is 12.4. The third kappa shape index (κ3) is 4.27. The van der Waals surface area contributed by atoms with E-state index in [1.807, 2.05) is 20.8 Å². The van der Waals surface area contributed by atoms with Crippen molar-refractivity contribution in [1.29, 1.82) is 0 Å². The molecule has 0 spiro atoms. The van der Waals surface area contributed by atoms with Gasteiger partial charge in [0.15, 0.2) is 0 Å². The predicted octanol–water partition coefficient (Wildman–Crippen LogP) is 2.08. The highest BCUT2D eigenvalue weighted by Crippen LogP contribution is 2.23. The molecule has 0 unspecified atom stereocenters. The molecule has 1 aliphatic carbocycles. The molecule has 1 aliphatic rings. The standard InChI is InChI=1S/C15H26N4O2/c1-4-14(21-13-7-5-6-8-13)15(20)18-11(2)12(3)19-10-16-9-17-19/h9-14H,4-8H2,1-3H3,(H,18,20)/t11-,12-,14+/m1/s1. The number of carbonyl (C=O) groups excluding carboxylic acids is 1. The number of hydrogen-bond acceptors (Lipinski definition) is 4. The average molecular weight is 294 g/mol. The summed E-state index contributed by atoms with van der Waals surface area (Å²) < 4.78 is 7.70. The molecule has 1 aromatic rings. The summed E-state index contributed by atoms with van der Waals surface area (Å²) in [7, 11) is 0. The molecule has 3 atom stereocenters. The van der Waals surface area contributed by atoms with Gasteiger partial charge in [-0.2, -0.15) is 5.10 Å². The molecular formula is C15H26N4O2. The van der Waals surface area contributed by atoms with Gasteiger partial charge in [0, 0.05) is 6.04 Å². The highest BCUT2D eigenvalue weighted by Gasteiger charge is 2.26. The van der Waals surface area contributed by atoms with Crippen LogP contribution in [0.5, 0.6) is 0 Å². The number of aromatic nitrogens is 3. The zero-order valence-electron chi connectivity index (χ0n) is 13.2. The maximum atomic E-state index is 12.4. The van der Waals surface area contributed by atoms with Crippen LogP contribution in [0.1, 0.15) is 58.9 Å². The summed E-state index contributed by atoms with van der Waals surface area (Å²) >= 11 is 0. The number of nitrogens with one attached hydrogen (secondary N) is 1. The average Bonchev–Trinajstić information content (AvgIpc) is 3.16. The summed E-state index contributed by atoms with van der Waals surface area (Å²) in [5.74, 6) is -0.0242. The van der Waals surface area contributed by atoms with Gasteiger partial charge in [0.05, 0.1) is 12.1 Å². The summed E-state index contributed by atoms with van der Waals surface area (Å²) in [6, 6.07) is 0.0286. The number of hydrogen-bond donors (Lipinski definition) is 1. The lowest BCUT2D eigenvalue weighted by atomic mass is 10.1. The van der Waals surface area contributed by atoms with Gasteiger partial charge >= 0.3 is 0 Å². The topological polar surface area (TPSA) is 69.0 Å². The lowest BCUT2D eigenvalue weighted by Gasteiger charge is -2.25. The largest absolute Gasteiger partial charge is 0.365 e. The normalized spacial score (nSPS) is 20.1. The first-order valence-corrected chi connectivity index (χ1v) is 7.91. The minimum atomic E-state index is -0.349. The number of rotatable bonds is 7. The quantitative estimate of drug-likeness (QED) is 0.836. The number of amides is 1. The first-order valence-electron chi connectivity index (χ1n) is 7.91. The van der Waals surface area contributed by atoms with Crippen molar-refractivity contribution in [1.82, 2.24) is 20.1 Å². The summed E-state index contributed by atoms with van der Waals surface area (Å²) in [4.78, 5) is 16.3. The molecule has 0 aromatic carbocycles. The fraction of sp³-hybridized carbons (Fsp3) is 0.800. The lowest BCUT2D eigenvalue weighted by molar-refractivity contribution is -0.137. The molecule has 118 valence electrons. The summed E-state index contributed by atoms with van der Waals surface area (Å²) in [5.41, 5.74) is 0. The zero-order valence-corrected chi connectivity index (χ0v) is 13.2. The number of ether oxygens (including phenoxy) is 1. The third-order valence-electron chi connectivity index (χ3n) is 4.27. The monoisotopic (exact) mass is 294 g/mol. The third-order valence-corrected chi connectivity index (χ3v) is 4.27. The first kappa shape index (κ1) is 15.9. The molecule has 1 fully saturated rings. The van der Waals surface area contributed by atoms with Gasteiger partial charge in [0.2, 0.25) is 5.91 Å². The Labute approximate surface area is 126 Å². The smallest absolute Gasteiger partial charge is 0.249 e. The molecule has 0 bridgehead atoms. The molecule has 0 saturated heterocycles. The van der Waals surface area contributed by atoms with Crippen molar-refractivity contribution in [2.24, 2.45) is 0 Å². The maximum Gasteiger partial charge on any atom is 0.249 e. The molecule has 1 saturated carbocycles. The minimum Gasteiger partial charge on any atom is -0.365 e. The van der Waals surface area contributed by atoms with E-state index in [9.17, 15) is 4.79 Å². The Morgan fingerprint density at radius 3 is 2.71 bits per heavy atom. The van der Waals surface area contributed by atoms with E-state index >= 15 is 0 Å². The van der Waals surface area contributed by atoms with Crippen LogP contribution < -0.4 is 5.32 Å². The molecule has 21 heavy (non-hydrogen) atoms. The Morgan fingerprint density at radius 1 is 1.43 bits per heavy atom. The predicted molar refractivity (Wildman–Crippen MR) is 79.8 cm³/mol. The fourth-order valence-electron chi connectivity index (χ4n) is 2.69. The van der Waals surface area contributed by atoms with Crippen molar-refractivity contribution in [3.63, 3.8) is 0 Å². The summed E-state index contributed by atoms with van der Waals surface area (Å²) in [6.45, 7) is 5.98. The second-order valence-electron chi connectivity index (χ2n) is 5.85. The van der Waals surface area contributed by atoms with E-state index in [1.165, 1.54) is 19.2 Å². The van der Waals surface area contributed by atoms with Crippen molar-refractivity contribution in [2.75, 3.05) is 0 Å². The highest BCUT2D eigenvalue weighted by molar-refractivity contribution is 5.81.